The van der Waals surface area contributed by atoms with Gasteiger partial charge in [0.05, 0.1) is 5.54 Å². The summed E-state index contributed by atoms with van der Waals surface area (Å²) >= 11 is 0. The molecule has 1 heterocycles. The summed E-state index contributed by atoms with van der Waals surface area (Å²) in [4.78, 5) is 4.54. The second kappa shape index (κ2) is 3.29. The summed E-state index contributed by atoms with van der Waals surface area (Å²) in [6.45, 7) is 2.17. The van der Waals surface area contributed by atoms with Crippen molar-refractivity contribution in [3.8, 4) is 0 Å². The summed E-state index contributed by atoms with van der Waals surface area (Å²) in [6, 6.07) is 0. The van der Waals surface area contributed by atoms with Crippen LogP contribution in [0.3, 0.4) is 0 Å². The van der Waals surface area contributed by atoms with Crippen LogP contribution in [0.1, 0.15) is 63.6 Å². The molecule has 0 aromatic carbocycles. The van der Waals surface area contributed by atoms with Gasteiger partial charge in [0, 0.05) is 5.41 Å². The van der Waals surface area contributed by atoms with Crippen LogP contribution in [0.15, 0.2) is 4.52 Å². The molecule has 1 aromatic rings. The highest BCUT2D eigenvalue weighted by Gasteiger charge is 2.46. The van der Waals surface area contributed by atoms with Gasteiger partial charge in [0.1, 0.15) is 0 Å². The maximum absolute atomic E-state index is 6.37. The highest BCUT2D eigenvalue weighted by molar-refractivity contribution is 5.15. The summed E-state index contributed by atoms with van der Waals surface area (Å²) < 4.78 is 5.37. The Bertz CT molecular complexity index is 389. The van der Waals surface area contributed by atoms with Crippen molar-refractivity contribution in [2.75, 3.05) is 0 Å². The van der Waals surface area contributed by atoms with E-state index < -0.39 is 0 Å². The van der Waals surface area contributed by atoms with Crippen LogP contribution in [0, 0.1) is 0 Å². The Labute approximate surface area is 95.6 Å². The van der Waals surface area contributed by atoms with Crippen molar-refractivity contribution in [2.45, 2.75) is 62.8 Å². The second-order valence-electron chi connectivity index (χ2n) is 5.70. The Morgan fingerprint density at radius 2 is 1.81 bits per heavy atom. The molecule has 0 amide bonds. The molecule has 16 heavy (non-hydrogen) atoms. The molecule has 3 rings (SSSR count). The van der Waals surface area contributed by atoms with Crippen LogP contribution >= 0.6 is 0 Å². The van der Waals surface area contributed by atoms with Gasteiger partial charge < -0.3 is 10.3 Å². The van der Waals surface area contributed by atoms with Gasteiger partial charge in [-0.1, -0.05) is 31.3 Å². The SMILES string of the molecule is CC1(c2nc(C3(N)CCCCC3)no2)CC1. The fraction of sp³-hybridized carbons (Fsp3) is 0.833. The van der Waals surface area contributed by atoms with Gasteiger partial charge in [-0.25, -0.2) is 0 Å². The number of nitrogens with two attached hydrogens (primary N) is 1. The van der Waals surface area contributed by atoms with Crippen molar-refractivity contribution in [1.29, 1.82) is 0 Å². The van der Waals surface area contributed by atoms with Gasteiger partial charge >= 0.3 is 0 Å². The molecule has 0 atom stereocenters. The van der Waals surface area contributed by atoms with E-state index in [1.54, 1.807) is 0 Å². The second-order valence-corrected chi connectivity index (χ2v) is 5.70. The summed E-state index contributed by atoms with van der Waals surface area (Å²) in [5, 5.41) is 4.11. The summed E-state index contributed by atoms with van der Waals surface area (Å²) in [5.41, 5.74) is 6.19. The standard InChI is InChI=1S/C12H19N3O/c1-11(7-8-11)10-14-9(15-16-10)12(13)5-3-2-4-6-12/h2-8,13H2,1H3. The van der Waals surface area contributed by atoms with Crippen molar-refractivity contribution in [3.63, 3.8) is 0 Å². The molecular weight excluding hydrogens is 202 g/mol. The first-order valence-corrected chi connectivity index (χ1v) is 6.26. The van der Waals surface area contributed by atoms with Crippen molar-refractivity contribution in [3.05, 3.63) is 11.7 Å². The smallest absolute Gasteiger partial charge is 0.232 e. The van der Waals surface area contributed by atoms with Crippen LogP contribution in [0.5, 0.6) is 0 Å². The molecule has 0 spiro atoms. The van der Waals surface area contributed by atoms with Gasteiger partial charge in [-0.05, 0) is 25.7 Å². The minimum Gasteiger partial charge on any atom is -0.339 e. The van der Waals surface area contributed by atoms with Crippen molar-refractivity contribution in [2.24, 2.45) is 5.73 Å². The van der Waals surface area contributed by atoms with Crippen LogP contribution in [0.25, 0.3) is 0 Å². The molecule has 0 saturated heterocycles. The highest BCUT2D eigenvalue weighted by Crippen LogP contribution is 2.47. The van der Waals surface area contributed by atoms with E-state index in [-0.39, 0.29) is 11.0 Å². The largest absolute Gasteiger partial charge is 0.339 e. The first-order valence-electron chi connectivity index (χ1n) is 6.26. The van der Waals surface area contributed by atoms with Gasteiger partial charge in [0.25, 0.3) is 0 Å². The Morgan fingerprint density at radius 3 is 2.44 bits per heavy atom. The Kier molecular flexibility index (Phi) is 2.11. The Balaban J connectivity index is 1.85. The molecule has 4 nitrogen and oxygen atoms in total. The zero-order valence-corrected chi connectivity index (χ0v) is 9.83. The molecule has 4 heteroatoms. The van der Waals surface area contributed by atoms with Crippen molar-refractivity contribution < 1.29 is 4.52 Å². The minimum absolute atomic E-state index is 0.149. The lowest BCUT2D eigenvalue weighted by atomic mass is 9.82. The van der Waals surface area contributed by atoms with Gasteiger partial charge in [0.2, 0.25) is 5.89 Å². The molecule has 0 aliphatic heterocycles. The van der Waals surface area contributed by atoms with Crippen molar-refractivity contribution in [1.82, 2.24) is 10.1 Å². The molecule has 2 fully saturated rings. The van der Waals surface area contributed by atoms with E-state index in [1.165, 1.54) is 19.3 Å². The lowest BCUT2D eigenvalue weighted by molar-refractivity contribution is 0.271. The molecule has 2 N–H and O–H groups in total. The van der Waals surface area contributed by atoms with Gasteiger partial charge in [-0.3, -0.25) is 0 Å². The molecule has 0 radical (unpaired) electrons. The molecule has 1 aromatic heterocycles. The van der Waals surface area contributed by atoms with E-state index in [0.29, 0.717) is 0 Å². The third-order valence-corrected chi connectivity index (χ3v) is 4.13. The third-order valence-electron chi connectivity index (χ3n) is 4.13. The maximum Gasteiger partial charge on any atom is 0.232 e. The number of hydrogen-bond acceptors (Lipinski definition) is 4. The topological polar surface area (TPSA) is 64.9 Å². The lowest BCUT2D eigenvalue weighted by Crippen LogP contribution is -2.39. The first kappa shape index (κ1) is 10.3. The fourth-order valence-corrected chi connectivity index (χ4v) is 2.48. The van der Waals surface area contributed by atoms with Crippen LogP contribution in [-0.4, -0.2) is 10.1 Å². The third kappa shape index (κ3) is 1.56. The lowest BCUT2D eigenvalue weighted by Gasteiger charge is -2.29. The van der Waals surface area contributed by atoms with Gasteiger partial charge in [-0.2, -0.15) is 4.98 Å². The number of rotatable bonds is 2. The molecule has 0 bridgehead atoms. The number of hydrogen-bond donors (Lipinski definition) is 1. The zero-order chi connectivity index (χ0) is 11.2. The summed E-state index contributed by atoms with van der Waals surface area (Å²) in [6.07, 6.45) is 7.93. The van der Waals surface area contributed by atoms with E-state index >= 15 is 0 Å². The van der Waals surface area contributed by atoms with E-state index in [1.807, 2.05) is 0 Å². The molecule has 2 aliphatic rings. The van der Waals surface area contributed by atoms with E-state index in [9.17, 15) is 0 Å². The first-order chi connectivity index (χ1) is 7.62. The van der Waals surface area contributed by atoms with Gasteiger partial charge in [-0.15, -0.1) is 0 Å². The minimum atomic E-state index is -0.328. The van der Waals surface area contributed by atoms with E-state index in [4.69, 9.17) is 10.3 Å². The predicted octanol–water partition coefficient (Wildman–Crippen LogP) is 2.24. The Hall–Kier alpha value is -0.900. The summed E-state index contributed by atoms with van der Waals surface area (Å²) in [5.74, 6) is 1.52. The monoisotopic (exact) mass is 221 g/mol. The normalized spacial score (nSPS) is 26.6. The average Bonchev–Trinajstić information content (AvgIpc) is 2.84. The van der Waals surface area contributed by atoms with Crippen LogP contribution in [-0.2, 0) is 11.0 Å². The molecule has 0 unspecified atom stereocenters. The van der Waals surface area contributed by atoms with Gasteiger partial charge in [0.15, 0.2) is 5.82 Å². The number of aromatic nitrogens is 2. The predicted molar refractivity (Wildman–Crippen MR) is 59.8 cm³/mol. The molecular formula is C12H19N3O. The molecule has 2 saturated carbocycles. The van der Waals surface area contributed by atoms with Crippen LogP contribution < -0.4 is 5.73 Å². The van der Waals surface area contributed by atoms with Crippen LogP contribution in [0.4, 0.5) is 0 Å². The van der Waals surface area contributed by atoms with E-state index in [0.717, 1.165) is 37.4 Å². The molecule has 88 valence electrons. The van der Waals surface area contributed by atoms with Crippen LogP contribution in [0.2, 0.25) is 0 Å². The fourth-order valence-electron chi connectivity index (χ4n) is 2.48. The Morgan fingerprint density at radius 1 is 1.12 bits per heavy atom. The van der Waals surface area contributed by atoms with Crippen molar-refractivity contribution >= 4 is 0 Å². The quantitative estimate of drug-likeness (QED) is 0.831. The molecule has 2 aliphatic carbocycles. The number of nitrogens with zero attached hydrogens (tertiary/aromatic N) is 2. The average molecular weight is 221 g/mol. The van der Waals surface area contributed by atoms with E-state index in [2.05, 4.69) is 17.1 Å². The highest BCUT2D eigenvalue weighted by atomic mass is 16.5. The zero-order valence-electron chi connectivity index (χ0n) is 9.83. The summed E-state index contributed by atoms with van der Waals surface area (Å²) in [7, 11) is 0. The maximum atomic E-state index is 6.37.